The molecule has 94 valence electrons. The summed E-state index contributed by atoms with van der Waals surface area (Å²) in [6.07, 6.45) is 0. The second-order valence-electron chi connectivity index (χ2n) is 4.86. The summed E-state index contributed by atoms with van der Waals surface area (Å²) in [6.45, 7) is 5.96. The minimum atomic E-state index is -0.412. The maximum atomic E-state index is 13.9. The smallest absolute Gasteiger partial charge is 0.128 e. The lowest BCUT2D eigenvalue weighted by Crippen LogP contribution is -2.15. The van der Waals surface area contributed by atoms with Gasteiger partial charge in [-0.1, -0.05) is 41.5 Å². The highest BCUT2D eigenvalue weighted by molar-refractivity contribution is 5.40. The van der Waals surface area contributed by atoms with Gasteiger partial charge in [-0.2, -0.15) is 0 Å². The molecule has 2 rings (SSSR count). The molecule has 0 amide bonds. The van der Waals surface area contributed by atoms with E-state index in [1.807, 2.05) is 45.0 Å². The molecule has 1 atom stereocenters. The third-order valence-electron chi connectivity index (χ3n) is 3.26. The largest absolute Gasteiger partial charge is 0.320 e. The van der Waals surface area contributed by atoms with Crippen LogP contribution in [0.15, 0.2) is 36.4 Å². The second kappa shape index (κ2) is 4.91. The van der Waals surface area contributed by atoms with E-state index in [-0.39, 0.29) is 5.82 Å². The summed E-state index contributed by atoms with van der Waals surface area (Å²) < 4.78 is 13.9. The fraction of sp³-hybridized carbons (Fsp3) is 0.250. The Hall–Kier alpha value is -1.67. The quantitative estimate of drug-likeness (QED) is 0.853. The topological polar surface area (TPSA) is 26.0 Å². The zero-order valence-corrected chi connectivity index (χ0v) is 11.0. The van der Waals surface area contributed by atoms with Gasteiger partial charge in [-0.05, 0) is 38.0 Å². The van der Waals surface area contributed by atoms with E-state index < -0.39 is 6.04 Å². The first kappa shape index (κ1) is 12.8. The molecule has 0 aliphatic rings. The Kier molecular flexibility index (Phi) is 3.48. The summed E-state index contributed by atoms with van der Waals surface area (Å²) in [5.41, 5.74) is 11.0. The van der Waals surface area contributed by atoms with E-state index in [4.69, 9.17) is 5.73 Å². The van der Waals surface area contributed by atoms with Crippen molar-refractivity contribution in [3.05, 3.63) is 70.0 Å². The number of nitrogens with two attached hydrogens (primary N) is 1. The van der Waals surface area contributed by atoms with Crippen LogP contribution < -0.4 is 5.73 Å². The average Bonchev–Trinajstić information content (AvgIpc) is 2.34. The highest BCUT2D eigenvalue weighted by Crippen LogP contribution is 2.26. The van der Waals surface area contributed by atoms with E-state index >= 15 is 0 Å². The number of benzene rings is 2. The van der Waals surface area contributed by atoms with E-state index in [2.05, 4.69) is 0 Å². The van der Waals surface area contributed by atoms with E-state index in [0.29, 0.717) is 5.56 Å². The standard InChI is InChI=1S/C16H18FN/c1-10-4-6-12(3)13(8-10)16(18)14-9-11(2)5-7-15(14)17/h4-9,16H,18H2,1-3H3. The zero-order chi connectivity index (χ0) is 13.3. The summed E-state index contributed by atoms with van der Waals surface area (Å²) in [7, 11) is 0. The van der Waals surface area contributed by atoms with Crippen molar-refractivity contribution in [2.75, 3.05) is 0 Å². The lowest BCUT2D eigenvalue weighted by molar-refractivity contribution is 0.598. The van der Waals surface area contributed by atoms with E-state index in [9.17, 15) is 4.39 Å². The van der Waals surface area contributed by atoms with Crippen LogP contribution in [-0.4, -0.2) is 0 Å². The van der Waals surface area contributed by atoms with Crippen LogP contribution in [0.4, 0.5) is 4.39 Å². The van der Waals surface area contributed by atoms with E-state index in [1.165, 1.54) is 6.07 Å². The molecule has 2 heteroatoms. The van der Waals surface area contributed by atoms with Gasteiger partial charge in [0, 0.05) is 5.56 Å². The van der Waals surface area contributed by atoms with Gasteiger partial charge in [-0.15, -0.1) is 0 Å². The lowest BCUT2D eigenvalue weighted by atomic mass is 9.93. The third-order valence-corrected chi connectivity index (χ3v) is 3.26. The van der Waals surface area contributed by atoms with Crippen LogP contribution in [0.3, 0.4) is 0 Å². The van der Waals surface area contributed by atoms with Crippen molar-refractivity contribution in [3.63, 3.8) is 0 Å². The zero-order valence-electron chi connectivity index (χ0n) is 11.0. The van der Waals surface area contributed by atoms with Crippen molar-refractivity contribution < 1.29 is 4.39 Å². The minimum Gasteiger partial charge on any atom is -0.320 e. The van der Waals surface area contributed by atoms with Gasteiger partial charge in [0.1, 0.15) is 5.82 Å². The van der Waals surface area contributed by atoms with Crippen molar-refractivity contribution in [2.24, 2.45) is 5.73 Å². The first-order valence-electron chi connectivity index (χ1n) is 6.08. The SMILES string of the molecule is Cc1ccc(C)c(C(N)c2cc(C)ccc2F)c1. The molecule has 2 aromatic rings. The summed E-state index contributed by atoms with van der Waals surface area (Å²) in [5, 5.41) is 0. The van der Waals surface area contributed by atoms with Gasteiger partial charge in [0.05, 0.1) is 6.04 Å². The molecule has 0 heterocycles. The van der Waals surface area contributed by atoms with Crippen LogP contribution in [0.25, 0.3) is 0 Å². The Balaban J connectivity index is 2.50. The number of aryl methyl sites for hydroxylation is 3. The Morgan fingerprint density at radius 3 is 2.11 bits per heavy atom. The molecule has 0 saturated heterocycles. The van der Waals surface area contributed by atoms with E-state index in [0.717, 1.165) is 22.3 Å². The Morgan fingerprint density at radius 1 is 0.889 bits per heavy atom. The minimum absolute atomic E-state index is 0.242. The maximum Gasteiger partial charge on any atom is 0.128 e. The normalized spacial score (nSPS) is 12.5. The van der Waals surface area contributed by atoms with Gasteiger partial charge < -0.3 is 5.73 Å². The van der Waals surface area contributed by atoms with Crippen LogP contribution in [-0.2, 0) is 0 Å². The Morgan fingerprint density at radius 2 is 1.44 bits per heavy atom. The van der Waals surface area contributed by atoms with Gasteiger partial charge in [0.2, 0.25) is 0 Å². The summed E-state index contributed by atoms with van der Waals surface area (Å²) >= 11 is 0. The predicted octanol–water partition coefficient (Wildman–Crippen LogP) is 3.80. The fourth-order valence-electron chi connectivity index (χ4n) is 2.16. The average molecular weight is 243 g/mol. The fourth-order valence-corrected chi connectivity index (χ4v) is 2.16. The number of rotatable bonds is 2. The summed E-state index contributed by atoms with van der Waals surface area (Å²) in [5.74, 6) is -0.242. The summed E-state index contributed by atoms with van der Waals surface area (Å²) in [6, 6.07) is 10.7. The Labute approximate surface area is 107 Å². The van der Waals surface area contributed by atoms with Gasteiger partial charge in [-0.25, -0.2) is 4.39 Å². The second-order valence-corrected chi connectivity index (χ2v) is 4.86. The maximum absolute atomic E-state index is 13.9. The molecule has 18 heavy (non-hydrogen) atoms. The molecule has 1 nitrogen and oxygen atoms in total. The molecule has 0 aromatic heterocycles. The number of hydrogen-bond donors (Lipinski definition) is 1. The highest BCUT2D eigenvalue weighted by Gasteiger charge is 2.15. The molecule has 0 aliphatic heterocycles. The van der Waals surface area contributed by atoms with Crippen LogP contribution >= 0.6 is 0 Å². The van der Waals surface area contributed by atoms with Crippen molar-refractivity contribution in [2.45, 2.75) is 26.8 Å². The molecule has 0 saturated carbocycles. The van der Waals surface area contributed by atoms with E-state index in [1.54, 1.807) is 6.07 Å². The third kappa shape index (κ3) is 2.44. The molecular weight excluding hydrogens is 225 g/mol. The van der Waals surface area contributed by atoms with Crippen molar-refractivity contribution in [3.8, 4) is 0 Å². The lowest BCUT2D eigenvalue weighted by Gasteiger charge is -2.17. The van der Waals surface area contributed by atoms with Crippen LogP contribution in [0, 0.1) is 26.6 Å². The van der Waals surface area contributed by atoms with Gasteiger partial charge >= 0.3 is 0 Å². The first-order valence-corrected chi connectivity index (χ1v) is 6.08. The highest BCUT2D eigenvalue weighted by atomic mass is 19.1. The molecule has 0 spiro atoms. The summed E-state index contributed by atoms with van der Waals surface area (Å²) in [4.78, 5) is 0. The molecular formula is C16H18FN. The van der Waals surface area contributed by atoms with Crippen molar-refractivity contribution in [1.29, 1.82) is 0 Å². The van der Waals surface area contributed by atoms with Gasteiger partial charge in [0.15, 0.2) is 0 Å². The number of halogens is 1. The molecule has 0 bridgehead atoms. The monoisotopic (exact) mass is 243 g/mol. The van der Waals surface area contributed by atoms with Crippen molar-refractivity contribution in [1.82, 2.24) is 0 Å². The van der Waals surface area contributed by atoms with Gasteiger partial charge in [0.25, 0.3) is 0 Å². The Bertz CT molecular complexity index is 524. The van der Waals surface area contributed by atoms with Crippen LogP contribution in [0.1, 0.15) is 33.9 Å². The molecule has 0 fully saturated rings. The molecule has 0 radical (unpaired) electrons. The molecule has 2 N–H and O–H groups in total. The molecule has 2 aromatic carbocycles. The van der Waals surface area contributed by atoms with Crippen LogP contribution in [0.5, 0.6) is 0 Å². The molecule has 0 aliphatic carbocycles. The van der Waals surface area contributed by atoms with Crippen LogP contribution in [0.2, 0.25) is 0 Å². The van der Waals surface area contributed by atoms with Crippen molar-refractivity contribution >= 4 is 0 Å². The van der Waals surface area contributed by atoms with Gasteiger partial charge in [-0.3, -0.25) is 0 Å². The predicted molar refractivity (Wildman–Crippen MR) is 73.1 cm³/mol. The first-order chi connectivity index (χ1) is 8.49. The molecule has 1 unspecified atom stereocenters. The number of hydrogen-bond acceptors (Lipinski definition) is 1.